The lowest BCUT2D eigenvalue weighted by Gasteiger charge is -2.22. The average molecular weight is 228 g/mol. The van der Waals surface area contributed by atoms with Crippen LogP contribution in [0.3, 0.4) is 0 Å². The summed E-state index contributed by atoms with van der Waals surface area (Å²) in [5.74, 6) is 0.490. The summed E-state index contributed by atoms with van der Waals surface area (Å²) in [6.07, 6.45) is 3.71. The van der Waals surface area contributed by atoms with Crippen LogP contribution < -0.4 is 11.1 Å². The molecular weight excluding hydrogens is 204 g/mol. The van der Waals surface area contributed by atoms with Gasteiger partial charge in [0.1, 0.15) is 6.10 Å². The first-order valence-electron chi connectivity index (χ1n) is 6.33. The Labute approximate surface area is 97.9 Å². The average Bonchev–Trinajstić information content (AvgIpc) is 2.81. The number of nitrogens with two attached hydrogens (primary N) is 1. The molecule has 4 nitrogen and oxygen atoms in total. The van der Waals surface area contributed by atoms with Gasteiger partial charge in [0.25, 0.3) is 0 Å². The first-order chi connectivity index (χ1) is 7.69. The number of hydrogen-bond acceptors (Lipinski definition) is 3. The highest BCUT2D eigenvalue weighted by molar-refractivity contribution is 5.80. The van der Waals surface area contributed by atoms with Gasteiger partial charge in [-0.25, -0.2) is 0 Å². The first-order valence-corrected chi connectivity index (χ1v) is 6.33. The predicted octanol–water partition coefficient (Wildman–Crippen LogP) is 1.05. The van der Waals surface area contributed by atoms with Gasteiger partial charge in [-0.2, -0.15) is 0 Å². The van der Waals surface area contributed by atoms with Gasteiger partial charge in [-0.1, -0.05) is 26.7 Å². The Hall–Kier alpha value is -0.610. The molecule has 0 saturated carbocycles. The summed E-state index contributed by atoms with van der Waals surface area (Å²) >= 11 is 0. The van der Waals surface area contributed by atoms with Gasteiger partial charge in [0.15, 0.2) is 0 Å². The normalized spacial score (nSPS) is 22.4. The quantitative estimate of drug-likeness (QED) is 0.714. The lowest BCUT2D eigenvalue weighted by Crippen LogP contribution is -2.44. The molecular formula is C12H24N2O2. The molecule has 1 heterocycles. The highest BCUT2D eigenvalue weighted by Gasteiger charge is 2.24. The molecule has 0 aromatic carbocycles. The van der Waals surface area contributed by atoms with Crippen LogP contribution in [0, 0.1) is 5.92 Å². The number of amides is 1. The summed E-state index contributed by atoms with van der Waals surface area (Å²) in [5.41, 5.74) is 6.03. The maximum atomic E-state index is 11.7. The maximum Gasteiger partial charge on any atom is 0.249 e. The summed E-state index contributed by atoms with van der Waals surface area (Å²) < 4.78 is 5.31. The summed E-state index contributed by atoms with van der Waals surface area (Å²) in [5, 5.41) is 2.88. The monoisotopic (exact) mass is 228 g/mol. The molecule has 1 saturated heterocycles. The van der Waals surface area contributed by atoms with E-state index in [1.807, 2.05) is 0 Å². The van der Waals surface area contributed by atoms with Crippen molar-refractivity contribution in [3.8, 4) is 0 Å². The molecule has 0 spiro atoms. The standard InChI is InChI=1S/C12H24N2O2/c1-3-9(4-2)10(13)8-14-12(15)11-6-5-7-16-11/h9-11H,3-8,13H2,1-2H3,(H,14,15). The molecule has 0 aromatic heterocycles. The SMILES string of the molecule is CCC(CC)C(N)CNC(=O)C1CCCO1. The van der Waals surface area contributed by atoms with Crippen molar-refractivity contribution in [1.82, 2.24) is 5.32 Å². The number of nitrogens with one attached hydrogen (secondary N) is 1. The van der Waals surface area contributed by atoms with Crippen LogP contribution >= 0.6 is 0 Å². The van der Waals surface area contributed by atoms with Crippen LogP contribution in [0.25, 0.3) is 0 Å². The molecule has 4 heteroatoms. The number of carbonyl (C=O) groups excluding carboxylic acids is 1. The van der Waals surface area contributed by atoms with E-state index in [2.05, 4.69) is 19.2 Å². The van der Waals surface area contributed by atoms with E-state index < -0.39 is 0 Å². The first kappa shape index (κ1) is 13.5. The molecule has 1 fully saturated rings. The molecule has 2 atom stereocenters. The van der Waals surface area contributed by atoms with Crippen LogP contribution in [0.15, 0.2) is 0 Å². The van der Waals surface area contributed by atoms with E-state index in [4.69, 9.17) is 10.5 Å². The third kappa shape index (κ3) is 3.76. The van der Waals surface area contributed by atoms with Gasteiger partial charge in [0.05, 0.1) is 0 Å². The highest BCUT2D eigenvalue weighted by atomic mass is 16.5. The van der Waals surface area contributed by atoms with Gasteiger partial charge in [-0.15, -0.1) is 0 Å². The Morgan fingerprint density at radius 2 is 2.19 bits per heavy atom. The van der Waals surface area contributed by atoms with E-state index in [-0.39, 0.29) is 18.1 Å². The van der Waals surface area contributed by atoms with Crippen molar-refractivity contribution in [3.63, 3.8) is 0 Å². The third-order valence-electron chi connectivity index (χ3n) is 3.39. The predicted molar refractivity (Wildman–Crippen MR) is 64.0 cm³/mol. The molecule has 2 unspecified atom stereocenters. The van der Waals surface area contributed by atoms with Gasteiger partial charge < -0.3 is 15.8 Å². The van der Waals surface area contributed by atoms with Gasteiger partial charge in [0.2, 0.25) is 5.91 Å². The van der Waals surface area contributed by atoms with Crippen molar-refractivity contribution in [2.45, 2.75) is 51.7 Å². The fraction of sp³-hybridized carbons (Fsp3) is 0.917. The molecule has 1 rings (SSSR count). The van der Waals surface area contributed by atoms with Crippen LogP contribution in [-0.4, -0.2) is 31.2 Å². The van der Waals surface area contributed by atoms with E-state index in [9.17, 15) is 4.79 Å². The number of rotatable bonds is 6. The minimum atomic E-state index is -0.242. The largest absolute Gasteiger partial charge is 0.368 e. The van der Waals surface area contributed by atoms with Crippen molar-refractivity contribution >= 4 is 5.91 Å². The zero-order valence-corrected chi connectivity index (χ0v) is 10.4. The maximum absolute atomic E-state index is 11.7. The van der Waals surface area contributed by atoms with Gasteiger partial charge >= 0.3 is 0 Å². The minimum Gasteiger partial charge on any atom is -0.368 e. The Morgan fingerprint density at radius 3 is 2.69 bits per heavy atom. The molecule has 0 aromatic rings. The molecule has 1 aliphatic rings. The molecule has 0 bridgehead atoms. The van der Waals surface area contributed by atoms with Crippen molar-refractivity contribution in [1.29, 1.82) is 0 Å². The van der Waals surface area contributed by atoms with Gasteiger partial charge in [-0.05, 0) is 18.8 Å². The van der Waals surface area contributed by atoms with E-state index in [1.165, 1.54) is 0 Å². The molecule has 16 heavy (non-hydrogen) atoms. The lowest BCUT2D eigenvalue weighted by atomic mass is 9.95. The second-order valence-electron chi connectivity index (χ2n) is 4.49. The lowest BCUT2D eigenvalue weighted by molar-refractivity contribution is -0.130. The third-order valence-corrected chi connectivity index (χ3v) is 3.39. The summed E-state index contributed by atoms with van der Waals surface area (Å²) in [6.45, 7) is 5.54. The second-order valence-corrected chi connectivity index (χ2v) is 4.49. The molecule has 0 radical (unpaired) electrons. The van der Waals surface area contributed by atoms with Crippen molar-refractivity contribution in [2.24, 2.45) is 11.7 Å². The highest BCUT2D eigenvalue weighted by Crippen LogP contribution is 2.13. The summed E-state index contributed by atoms with van der Waals surface area (Å²) in [4.78, 5) is 11.7. The molecule has 1 amide bonds. The number of carbonyl (C=O) groups is 1. The second kappa shape index (κ2) is 6.86. The fourth-order valence-electron chi connectivity index (χ4n) is 2.18. The van der Waals surface area contributed by atoms with Crippen LogP contribution in [0.1, 0.15) is 39.5 Å². The van der Waals surface area contributed by atoms with Crippen molar-refractivity contribution in [2.75, 3.05) is 13.2 Å². The minimum absolute atomic E-state index is 0.00101. The van der Waals surface area contributed by atoms with Gasteiger partial charge in [0, 0.05) is 19.2 Å². The Bertz CT molecular complexity index is 211. The molecule has 1 aliphatic heterocycles. The smallest absolute Gasteiger partial charge is 0.249 e. The number of ether oxygens (including phenoxy) is 1. The molecule has 3 N–H and O–H groups in total. The summed E-state index contributed by atoms with van der Waals surface area (Å²) in [6, 6.07) is 0.0559. The van der Waals surface area contributed by atoms with Gasteiger partial charge in [-0.3, -0.25) is 4.79 Å². The Morgan fingerprint density at radius 1 is 1.50 bits per heavy atom. The van der Waals surface area contributed by atoms with Crippen LogP contribution in [0.4, 0.5) is 0 Å². The number of hydrogen-bond donors (Lipinski definition) is 2. The van der Waals surface area contributed by atoms with Crippen molar-refractivity contribution < 1.29 is 9.53 Å². The van der Waals surface area contributed by atoms with Crippen molar-refractivity contribution in [3.05, 3.63) is 0 Å². The topological polar surface area (TPSA) is 64.3 Å². The molecule has 0 aliphatic carbocycles. The van der Waals surface area contributed by atoms with E-state index >= 15 is 0 Å². The Balaban J connectivity index is 2.24. The Kier molecular flexibility index (Phi) is 5.77. The zero-order valence-electron chi connectivity index (χ0n) is 10.4. The van der Waals surface area contributed by atoms with Crippen LogP contribution in [0.2, 0.25) is 0 Å². The summed E-state index contributed by atoms with van der Waals surface area (Å²) in [7, 11) is 0. The fourth-order valence-corrected chi connectivity index (χ4v) is 2.18. The van der Waals surface area contributed by atoms with E-state index in [1.54, 1.807) is 0 Å². The van der Waals surface area contributed by atoms with E-state index in [0.717, 1.165) is 25.7 Å². The van der Waals surface area contributed by atoms with E-state index in [0.29, 0.717) is 19.1 Å². The van der Waals surface area contributed by atoms with Crippen LogP contribution in [-0.2, 0) is 9.53 Å². The van der Waals surface area contributed by atoms with Crippen LogP contribution in [0.5, 0.6) is 0 Å². The molecule has 94 valence electrons. The zero-order chi connectivity index (χ0) is 12.0.